The van der Waals surface area contributed by atoms with Crippen LogP contribution in [0, 0.1) is 25.1 Å². The number of aromatic nitrogens is 2. The Morgan fingerprint density at radius 3 is 2.32 bits per heavy atom. The van der Waals surface area contributed by atoms with Crippen LogP contribution in [0.3, 0.4) is 0 Å². The predicted octanol–water partition coefficient (Wildman–Crippen LogP) is 1.69. The molecule has 1 amide bonds. The van der Waals surface area contributed by atoms with Crippen molar-refractivity contribution in [2.24, 2.45) is 5.41 Å². The molecule has 6 nitrogen and oxygen atoms in total. The maximum Gasteiger partial charge on any atom is 0.257 e. The zero-order chi connectivity index (χ0) is 18.8. The van der Waals surface area contributed by atoms with Gasteiger partial charge in [0.2, 0.25) is 0 Å². The van der Waals surface area contributed by atoms with E-state index in [4.69, 9.17) is 0 Å². The van der Waals surface area contributed by atoms with Crippen LogP contribution in [-0.4, -0.2) is 57.6 Å². The Hall–Kier alpha value is -2.25. The van der Waals surface area contributed by atoms with Crippen molar-refractivity contribution < 1.29 is 19.4 Å². The van der Waals surface area contributed by atoms with E-state index >= 15 is 0 Å². The van der Waals surface area contributed by atoms with Crippen molar-refractivity contribution in [3.05, 3.63) is 47.0 Å². The molecule has 0 saturated heterocycles. The number of hydrogen-bond donors (Lipinski definition) is 2. The van der Waals surface area contributed by atoms with Crippen molar-refractivity contribution in [3.63, 3.8) is 0 Å². The molecule has 0 aliphatic rings. The first-order chi connectivity index (χ1) is 11.7. The molecular weight excluding hydrogens is 325 g/mol. The minimum absolute atomic E-state index is 0.208. The molecule has 0 radical (unpaired) electrons. The summed E-state index contributed by atoms with van der Waals surface area (Å²) in [5.41, 5.74) is 1.56. The monoisotopic (exact) mass is 349 g/mol. The molecule has 0 aliphatic heterocycles. The van der Waals surface area contributed by atoms with Crippen molar-refractivity contribution in [2.75, 3.05) is 26.8 Å². The van der Waals surface area contributed by atoms with E-state index in [1.807, 2.05) is 0 Å². The maximum absolute atomic E-state index is 13.1. The standard InChI is InChI=1S/C18H24FN3O3/c1-12-16(17(25)21(4)9-18(3,10-23)11-24)13(2)22(20-12)15-7-5-14(19)6-8-15/h5-8,23-24H,9-11H2,1-4H3. The molecular formula is C18H24FN3O3. The third-order valence-electron chi connectivity index (χ3n) is 4.31. The van der Waals surface area contributed by atoms with E-state index in [9.17, 15) is 19.4 Å². The van der Waals surface area contributed by atoms with Crippen molar-refractivity contribution in [1.29, 1.82) is 0 Å². The lowest BCUT2D eigenvalue weighted by Gasteiger charge is -2.30. The van der Waals surface area contributed by atoms with Crippen LogP contribution in [0.5, 0.6) is 0 Å². The molecule has 7 heteroatoms. The van der Waals surface area contributed by atoms with Crippen molar-refractivity contribution in [3.8, 4) is 5.69 Å². The van der Waals surface area contributed by atoms with Crippen LogP contribution in [0.2, 0.25) is 0 Å². The van der Waals surface area contributed by atoms with E-state index in [1.54, 1.807) is 44.6 Å². The lowest BCUT2D eigenvalue weighted by Crippen LogP contribution is -2.41. The summed E-state index contributed by atoms with van der Waals surface area (Å²) in [6.07, 6.45) is 0. The number of carbonyl (C=O) groups excluding carboxylic acids is 1. The van der Waals surface area contributed by atoms with E-state index in [0.29, 0.717) is 22.6 Å². The maximum atomic E-state index is 13.1. The lowest BCUT2D eigenvalue weighted by molar-refractivity contribution is 0.0365. The van der Waals surface area contributed by atoms with Gasteiger partial charge in [-0.2, -0.15) is 5.10 Å². The van der Waals surface area contributed by atoms with Gasteiger partial charge < -0.3 is 15.1 Å². The predicted molar refractivity (Wildman–Crippen MR) is 92.2 cm³/mol. The highest BCUT2D eigenvalue weighted by Gasteiger charge is 2.29. The molecule has 0 spiro atoms. The second kappa shape index (κ2) is 7.33. The van der Waals surface area contributed by atoms with Gasteiger partial charge in [-0.1, -0.05) is 6.92 Å². The molecule has 1 heterocycles. The molecule has 25 heavy (non-hydrogen) atoms. The zero-order valence-corrected chi connectivity index (χ0v) is 15.0. The summed E-state index contributed by atoms with van der Waals surface area (Å²) in [6, 6.07) is 5.88. The summed E-state index contributed by atoms with van der Waals surface area (Å²) in [4.78, 5) is 14.3. The number of aryl methyl sites for hydroxylation is 1. The summed E-state index contributed by atoms with van der Waals surface area (Å²) >= 11 is 0. The second-order valence-electron chi connectivity index (χ2n) is 6.72. The number of amides is 1. The van der Waals surface area contributed by atoms with Gasteiger partial charge in [-0.15, -0.1) is 0 Å². The second-order valence-corrected chi connectivity index (χ2v) is 6.72. The first-order valence-corrected chi connectivity index (χ1v) is 8.02. The van der Waals surface area contributed by atoms with Crippen LogP contribution >= 0.6 is 0 Å². The number of carbonyl (C=O) groups is 1. The Bertz CT molecular complexity index is 752. The van der Waals surface area contributed by atoms with Gasteiger partial charge in [-0.25, -0.2) is 9.07 Å². The molecule has 2 aromatic rings. The first-order valence-electron chi connectivity index (χ1n) is 8.02. The van der Waals surface area contributed by atoms with Gasteiger partial charge in [-0.05, 0) is 38.1 Å². The molecule has 1 aromatic carbocycles. The third kappa shape index (κ3) is 3.88. The van der Waals surface area contributed by atoms with Gasteiger partial charge in [-0.3, -0.25) is 4.79 Å². The van der Waals surface area contributed by atoms with Gasteiger partial charge in [0.1, 0.15) is 5.82 Å². The quantitative estimate of drug-likeness (QED) is 0.832. The van der Waals surface area contributed by atoms with Gasteiger partial charge in [0, 0.05) is 19.0 Å². The summed E-state index contributed by atoms with van der Waals surface area (Å²) in [6.45, 7) is 4.98. The van der Waals surface area contributed by atoms with E-state index in [2.05, 4.69) is 5.10 Å². The molecule has 1 aromatic heterocycles. The van der Waals surface area contributed by atoms with Gasteiger partial charge in [0.25, 0.3) is 5.91 Å². The number of halogens is 1. The normalized spacial score (nSPS) is 11.6. The van der Waals surface area contributed by atoms with Gasteiger partial charge in [0.05, 0.1) is 35.9 Å². The van der Waals surface area contributed by atoms with Gasteiger partial charge >= 0.3 is 0 Å². The highest BCUT2D eigenvalue weighted by atomic mass is 19.1. The Balaban J connectivity index is 2.33. The molecule has 0 bridgehead atoms. The number of hydrogen-bond acceptors (Lipinski definition) is 4. The summed E-state index contributed by atoms with van der Waals surface area (Å²) in [5.74, 6) is -0.579. The molecule has 136 valence electrons. The lowest BCUT2D eigenvalue weighted by atomic mass is 9.92. The van der Waals surface area contributed by atoms with Crippen LogP contribution < -0.4 is 0 Å². The number of aliphatic hydroxyl groups is 2. The Labute approximate surface area is 146 Å². The SMILES string of the molecule is Cc1nn(-c2ccc(F)cc2)c(C)c1C(=O)N(C)CC(C)(CO)CO. The molecule has 0 aliphatic carbocycles. The first kappa shape index (κ1) is 19.1. The topological polar surface area (TPSA) is 78.6 Å². The molecule has 0 fully saturated rings. The highest BCUT2D eigenvalue weighted by molar-refractivity contribution is 5.96. The molecule has 2 rings (SSSR count). The van der Waals surface area contributed by atoms with Crippen molar-refractivity contribution in [1.82, 2.24) is 14.7 Å². The average Bonchev–Trinajstić information content (AvgIpc) is 2.89. The smallest absolute Gasteiger partial charge is 0.257 e. The number of aliphatic hydroxyl groups excluding tert-OH is 2. The minimum Gasteiger partial charge on any atom is -0.396 e. The zero-order valence-electron chi connectivity index (χ0n) is 15.0. The molecule has 0 saturated carbocycles. The number of rotatable bonds is 6. The third-order valence-corrected chi connectivity index (χ3v) is 4.31. The fourth-order valence-electron chi connectivity index (χ4n) is 2.77. The Kier molecular flexibility index (Phi) is 5.59. The number of nitrogens with zero attached hydrogens (tertiary/aromatic N) is 3. The van der Waals surface area contributed by atoms with Crippen LogP contribution in [-0.2, 0) is 0 Å². The number of benzene rings is 1. The van der Waals surface area contributed by atoms with E-state index in [-0.39, 0.29) is 31.5 Å². The average molecular weight is 349 g/mol. The Morgan fingerprint density at radius 1 is 1.24 bits per heavy atom. The molecule has 0 atom stereocenters. The summed E-state index contributed by atoms with van der Waals surface area (Å²) < 4.78 is 14.7. The highest BCUT2D eigenvalue weighted by Crippen LogP contribution is 2.22. The Morgan fingerprint density at radius 2 is 1.80 bits per heavy atom. The fourth-order valence-corrected chi connectivity index (χ4v) is 2.77. The van der Waals surface area contributed by atoms with E-state index in [0.717, 1.165) is 0 Å². The molecule has 0 unspecified atom stereocenters. The van der Waals surface area contributed by atoms with Crippen LogP contribution in [0.15, 0.2) is 24.3 Å². The summed E-state index contributed by atoms with van der Waals surface area (Å²) in [7, 11) is 1.63. The van der Waals surface area contributed by atoms with Gasteiger partial charge in [0.15, 0.2) is 0 Å². The molecule has 2 N–H and O–H groups in total. The summed E-state index contributed by atoms with van der Waals surface area (Å²) in [5, 5.41) is 23.2. The van der Waals surface area contributed by atoms with E-state index in [1.165, 1.54) is 17.0 Å². The van der Waals surface area contributed by atoms with Crippen molar-refractivity contribution in [2.45, 2.75) is 20.8 Å². The largest absolute Gasteiger partial charge is 0.396 e. The van der Waals surface area contributed by atoms with Crippen LogP contribution in [0.4, 0.5) is 4.39 Å². The van der Waals surface area contributed by atoms with Crippen molar-refractivity contribution >= 4 is 5.91 Å². The van der Waals surface area contributed by atoms with Crippen LogP contribution in [0.1, 0.15) is 28.7 Å². The minimum atomic E-state index is -0.779. The van der Waals surface area contributed by atoms with E-state index < -0.39 is 5.41 Å². The van der Waals surface area contributed by atoms with Crippen LogP contribution in [0.25, 0.3) is 5.69 Å². The fraction of sp³-hybridized carbons (Fsp3) is 0.444.